The highest BCUT2D eigenvalue weighted by Crippen LogP contribution is 2.12. The van der Waals surface area contributed by atoms with Crippen molar-refractivity contribution < 1.29 is 43.8 Å². The largest absolute Gasteiger partial charge is 0.508 e. The third-order valence-electron chi connectivity index (χ3n) is 7.77. The first-order chi connectivity index (χ1) is 24.5. The summed E-state index contributed by atoms with van der Waals surface area (Å²) in [6.07, 6.45) is 0.110. The molecule has 0 spiro atoms. The van der Waals surface area contributed by atoms with E-state index in [2.05, 4.69) is 26.6 Å². The Bertz CT molecular complexity index is 1520. The number of hydrogen-bond donors (Lipinski definition) is 10. The molecule has 2 aromatic carbocycles. The van der Waals surface area contributed by atoms with Gasteiger partial charge in [-0.3, -0.25) is 28.8 Å². The second kappa shape index (κ2) is 21.6. The molecule has 0 aliphatic carbocycles. The van der Waals surface area contributed by atoms with Crippen molar-refractivity contribution in [3.8, 4) is 5.75 Å². The number of primary amides is 1. The van der Waals surface area contributed by atoms with Crippen molar-refractivity contribution in [1.82, 2.24) is 26.6 Å². The second-order valence-electron chi connectivity index (χ2n) is 12.8. The Labute approximate surface area is 301 Å². The van der Waals surface area contributed by atoms with Gasteiger partial charge >= 0.3 is 5.97 Å². The van der Waals surface area contributed by atoms with E-state index in [1.54, 1.807) is 42.5 Å². The number of carbonyl (C=O) groups excluding carboxylic acids is 6. The number of aromatic hydroxyl groups is 1. The molecule has 6 amide bonds. The maximum absolute atomic E-state index is 13.3. The fraction of sp³-hybridized carbons (Fsp3) is 0.457. The number of benzene rings is 2. The van der Waals surface area contributed by atoms with Crippen LogP contribution in [-0.2, 0) is 46.4 Å². The summed E-state index contributed by atoms with van der Waals surface area (Å²) in [7, 11) is 0. The van der Waals surface area contributed by atoms with E-state index in [4.69, 9.17) is 17.2 Å². The average Bonchev–Trinajstić information content (AvgIpc) is 3.08. The number of nitrogens with two attached hydrogens (primary N) is 3. The van der Waals surface area contributed by atoms with Gasteiger partial charge in [-0.15, -0.1) is 0 Å². The molecule has 0 saturated heterocycles. The topological polar surface area (TPSA) is 298 Å². The molecule has 2 rings (SSSR count). The Balaban J connectivity index is 2.06. The molecule has 2 aromatic rings. The summed E-state index contributed by atoms with van der Waals surface area (Å²) in [6.45, 7) is 3.13. The molecule has 17 heteroatoms. The lowest BCUT2D eigenvalue weighted by Gasteiger charge is -2.23. The van der Waals surface area contributed by atoms with E-state index < -0.39 is 84.6 Å². The predicted octanol–water partition coefficient (Wildman–Crippen LogP) is -1.69. The molecule has 52 heavy (non-hydrogen) atoms. The van der Waals surface area contributed by atoms with Gasteiger partial charge in [0.15, 0.2) is 0 Å². The summed E-state index contributed by atoms with van der Waals surface area (Å²) in [5.41, 5.74) is 18.3. The van der Waals surface area contributed by atoms with E-state index in [1.807, 2.05) is 13.8 Å². The Hall–Kier alpha value is -5.55. The van der Waals surface area contributed by atoms with E-state index in [9.17, 15) is 43.8 Å². The Morgan fingerprint density at radius 3 is 1.87 bits per heavy atom. The first-order valence-electron chi connectivity index (χ1n) is 16.8. The highest BCUT2D eigenvalue weighted by Gasteiger charge is 2.27. The van der Waals surface area contributed by atoms with Gasteiger partial charge in [-0.25, -0.2) is 4.79 Å². The Kier molecular flexibility index (Phi) is 17.7. The van der Waals surface area contributed by atoms with Crippen LogP contribution in [0.2, 0.25) is 0 Å². The van der Waals surface area contributed by atoms with Gasteiger partial charge in [0.25, 0.3) is 0 Å². The van der Waals surface area contributed by atoms with Gasteiger partial charge in [-0.05, 0) is 54.9 Å². The minimum absolute atomic E-state index is 0.00111. The monoisotopic (exact) mass is 726 g/mol. The normalized spacial score (nSPS) is 13.8. The molecule has 5 atom stereocenters. The highest BCUT2D eigenvalue weighted by molar-refractivity contribution is 5.93. The number of carboxylic acid groups (broad SMARTS) is 1. The zero-order valence-electron chi connectivity index (χ0n) is 29.3. The predicted molar refractivity (Wildman–Crippen MR) is 190 cm³/mol. The van der Waals surface area contributed by atoms with Crippen LogP contribution < -0.4 is 43.8 Å². The van der Waals surface area contributed by atoms with Crippen LogP contribution in [0, 0.1) is 5.92 Å². The number of phenolic OH excluding ortho intramolecular Hbond substituents is 1. The molecule has 0 radical (unpaired) electrons. The van der Waals surface area contributed by atoms with Crippen molar-refractivity contribution in [2.24, 2.45) is 23.1 Å². The molecule has 0 saturated carbocycles. The van der Waals surface area contributed by atoms with Crippen molar-refractivity contribution in [1.29, 1.82) is 0 Å². The minimum atomic E-state index is -1.26. The van der Waals surface area contributed by atoms with Crippen LogP contribution >= 0.6 is 0 Å². The van der Waals surface area contributed by atoms with Gasteiger partial charge in [0, 0.05) is 13.0 Å². The molecule has 0 aromatic heterocycles. The summed E-state index contributed by atoms with van der Waals surface area (Å²) >= 11 is 0. The zero-order valence-corrected chi connectivity index (χ0v) is 29.3. The zero-order chi connectivity index (χ0) is 38.8. The lowest BCUT2D eigenvalue weighted by molar-refractivity contribution is -0.141. The number of nitrogens with one attached hydrogen (secondary N) is 5. The van der Waals surface area contributed by atoms with Crippen molar-refractivity contribution >= 4 is 41.4 Å². The van der Waals surface area contributed by atoms with Crippen LogP contribution in [0.5, 0.6) is 5.75 Å². The number of phenols is 1. The molecular formula is C35H50N8O9. The molecule has 0 aliphatic rings. The first-order valence-corrected chi connectivity index (χ1v) is 16.8. The van der Waals surface area contributed by atoms with E-state index in [0.717, 1.165) is 0 Å². The van der Waals surface area contributed by atoms with Gasteiger partial charge in [0.2, 0.25) is 35.4 Å². The lowest BCUT2D eigenvalue weighted by atomic mass is 10.0. The van der Waals surface area contributed by atoms with Crippen molar-refractivity contribution in [3.05, 3.63) is 65.7 Å². The quantitative estimate of drug-likeness (QED) is 0.0610. The summed E-state index contributed by atoms with van der Waals surface area (Å²) < 4.78 is 0. The number of aliphatic carboxylic acids is 1. The third-order valence-corrected chi connectivity index (χ3v) is 7.77. The number of carboxylic acids is 1. The number of rotatable bonds is 22. The van der Waals surface area contributed by atoms with Gasteiger partial charge in [-0.2, -0.15) is 0 Å². The number of amides is 6. The highest BCUT2D eigenvalue weighted by atomic mass is 16.4. The van der Waals surface area contributed by atoms with Gasteiger partial charge < -0.3 is 54.0 Å². The summed E-state index contributed by atoms with van der Waals surface area (Å²) in [4.78, 5) is 87.4. The summed E-state index contributed by atoms with van der Waals surface area (Å²) in [5, 5.41) is 31.7. The lowest BCUT2D eigenvalue weighted by Crippen LogP contribution is -2.54. The van der Waals surface area contributed by atoms with Crippen molar-refractivity contribution in [2.75, 3.05) is 13.1 Å². The second-order valence-corrected chi connectivity index (χ2v) is 12.8. The molecule has 0 unspecified atom stereocenters. The third kappa shape index (κ3) is 16.0. The standard InChI is InChI=1S/C35H50N8O9/c1-20(2)15-27(43-32(48)25(37)18-29(38)45)34(50)39-14-6-9-26(42-31(47)24(36)16-22-10-12-23(44)13-11-22)33(49)40-19-30(46)41-28(35(51)52)17-21-7-4-3-5-8-21/h3-5,7-8,10-13,20,24-28,44H,6,9,14-19,36-37H2,1-2H3,(H2,38,45)(H,39,50)(H,40,49)(H,41,46)(H,42,47)(H,43,48)(H,51,52)/t24-,25-,26+,27-,28-/m0/s1. The fourth-order valence-corrected chi connectivity index (χ4v) is 5.04. The summed E-state index contributed by atoms with van der Waals surface area (Å²) in [5.74, 6) is -5.46. The van der Waals surface area contributed by atoms with Crippen LogP contribution in [0.3, 0.4) is 0 Å². The van der Waals surface area contributed by atoms with Crippen LogP contribution in [0.4, 0.5) is 0 Å². The van der Waals surface area contributed by atoms with Crippen LogP contribution in [0.1, 0.15) is 50.7 Å². The number of carbonyl (C=O) groups is 7. The van der Waals surface area contributed by atoms with Crippen LogP contribution in [0.25, 0.3) is 0 Å². The summed E-state index contributed by atoms with van der Waals surface area (Å²) in [6, 6.07) is 8.99. The molecule has 17 nitrogen and oxygen atoms in total. The fourth-order valence-electron chi connectivity index (χ4n) is 5.04. The molecule has 0 aliphatic heterocycles. The average molecular weight is 727 g/mol. The van der Waals surface area contributed by atoms with E-state index in [-0.39, 0.29) is 50.3 Å². The first kappa shape index (κ1) is 42.6. The van der Waals surface area contributed by atoms with E-state index in [1.165, 1.54) is 12.1 Å². The van der Waals surface area contributed by atoms with E-state index in [0.29, 0.717) is 11.1 Å². The van der Waals surface area contributed by atoms with Gasteiger partial charge in [0.05, 0.1) is 25.0 Å². The molecular weight excluding hydrogens is 676 g/mol. The minimum Gasteiger partial charge on any atom is -0.508 e. The molecule has 0 heterocycles. The molecule has 0 bridgehead atoms. The molecule has 0 fully saturated rings. The smallest absolute Gasteiger partial charge is 0.326 e. The van der Waals surface area contributed by atoms with Crippen LogP contribution in [0.15, 0.2) is 54.6 Å². The van der Waals surface area contributed by atoms with Crippen LogP contribution in [-0.4, -0.2) is 94.9 Å². The maximum Gasteiger partial charge on any atom is 0.326 e. The Morgan fingerprint density at radius 1 is 0.692 bits per heavy atom. The van der Waals surface area contributed by atoms with Crippen molar-refractivity contribution in [2.45, 2.75) is 82.6 Å². The Morgan fingerprint density at radius 2 is 1.27 bits per heavy atom. The SMILES string of the molecule is CC(C)C[C@H](NC(=O)[C@@H](N)CC(N)=O)C(=O)NCCC[C@@H](NC(=O)[C@@H](N)Cc1ccc(O)cc1)C(=O)NCC(=O)N[C@@H](Cc1ccccc1)C(=O)O. The van der Waals surface area contributed by atoms with Gasteiger partial charge in [-0.1, -0.05) is 56.3 Å². The van der Waals surface area contributed by atoms with E-state index >= 15 is 0 Å². The maximum atomic E-state index is 13.3. The van der Waals surface area contributed by atoms with Gasteiger partial charge in [0.1, 0.15) is 23.9 Å². The molecule has 284 valence electrons. The van der Waals surface area contributed by atoms with Crippen molar-refractivity contribution in [3.63, 3.8) is 0 Å². The number of hydrogen-bond acceptors (Lipinski definition) is 10. The molecule has 13 N–H and O–H groups in total.